The maximum atomic E-state index is 6.68. The normalized spacial score (nSPS) is 11.8. The molecule has 0 aliphatic rings. The predicted molar refractivity (Wildman–Crippen MR) is 199 cm³/mol. The van der Waals surface area contributed by atoms with Crippen LogP contribution in [0.2, 0.25) is 0 Å². The molecule has 0 atom stereocenters. The lowest BCUT2D eigenvalue weighted by Crippen LogP contribution is -1.92. The van der Waals surface area contributed by atoms with Crippen molar-refractivity contribution in [3.8, 4) is 44.5 Å². The molecule has 0 unspecified atom stereocenters. The van der Waals surface area contributed by atoms with E-state index in [0.717, 1.165) is 22.3 Å². The lowest BCUT2D eigenvalue weighted by molar-refractivity contribution is 0.670. The van der Waals surface area contributed by atoms with Gasteiger partial charge in [0.1, 0.15) is 11.2 Å². The molecule has 1 aromatic heterocycles. The number of hydrogen-bond acceptors (Lipinski definition) is 1. The van der Waals surface area contributed by atoms with Gasteiger partial charge in [0.05, 0.1) is 0 Å². The van der Waals surface area contributed by atoms with Gasteiger partial charge in [-0.2, -0.15) is 0 Å². The van der Waals surface area contributed by atoms with Crippen LogP contribution in [0.15, 0.2) is 174 Å². The monoisotopic (exact) mass is 596 g/mol. The highest BCUT2D eigenvalue weighted by Gasteiger charge is 2.23. The van der Waals surface area contributed by atoms with Crippen molar-refractivity contribution in [2.24, 2.45) is 0 Å². The van der Waals surface area contributed by atoms with Crippen LogP contribution in [0.25, 0.3) is 98.8 Å². The third kappa shape index (κ3) is 3.90. The largest absolute Gasteiger partial charge is 0.455 e. The van der Waals surface area contributed by atoms with Crippen molar-refractivity contribution in [3.63, 3.8) is 0 Å². The molecule has 0 N–H and O–H groups in total. The van der Waals surface area contributed by atoms with Crippen molar-refractivity contribution >= 4 is 54.3 Å². The Morgan fingerprint density at radius 3 is 1.53 bits per heavy atom. The average molecular weight is 597 g/mol. The molecule has 0 bridgehead atoms. The van der Waals surface area contributed by atoms with Crippen LogP contribution >= 0.6 is 0 Å². The van der Waals surface area contributed by atoms with Crippen LogP contribution in [-0.4, -0.2) is 0 Å². The Bertz CT molecular complexity index is 2690. The van der Waals surface area contributed by atoms with Gasteiger partial charge in [-0.3, -0.25) is 0 Å². The van der Waals surface area contributed by atoms with Crippen LogP contribution in [-0.2, 0) is 0 Å². The maximum Gasteiger partial charge on any atom is 0.143 e. The van der Waals surface area contributed by atoms with E-state index in [1.807, 2.05) is 0 Å². The van der Waals surface area contributed by atoms with Crippen molar-refractivity contribution < 1.29 is 4.42 Å². The molecule has 0 saturated heterocycles. The first kappa shape index (κ1) is 26.1. The highest BCUT2D eigenvalue weighted by Crippen LogP contribution is 2.49. The predicted octanol–water partition coefficient (Wildman–Crippen LogP) is 13.2. The van der Waals surface area contributed by atoms with Crippen LogP contribution in [0, 0.1) is 0 Å². The van der Waals surface area contributed by atoms with Gasteiger partial charge >= 0.3 is 0 Å². The smallest absolute Gasteiger partial charge is 0.143 e. The molecule has 10 rings (SSSR count). The van der Waals surface area contributed by atoms with Crippen molar-refractivity contribution in [1.82, 2.24) is 0 Å². The van der Waals surface area contributed by atoms with E-state index in [4.69, 9.17) is 4.42 Å². The molecule has 0 fully saturated rings. The molecule has 0 radical (unpaired) electrons. The first-order chi connectivity index (χ1) is 23.3. The number of rotatable bonds is 4. The minimum Gasteiger partial charge on any atom is -0.455 e. The highest BCUT2D eigenvalue weighted by atomic mass is 16.3. The van der Waals surface area contributed by atoms with Gasteiger partial charge in [-0.15, -0.1) is 0 Å². The van der Waals surface area contributed by atoms with Crippen molar-refractivity contribution in [3.05, 3.63) is 170 Å². The molecule has 47 heavy (non-hydrogen) atoms. The van der Waals surface area contributed by atoms with E-state index in [9.17, 15) is 0 Å². The fraction of sp³-hybridized carbons (Fsp3) is 0. The van der Waals surface area contributed by atoms with Crippen molar-refractivity contribution in [2.45, 2.75) is 0 Å². The van der Waals surface area contributed by atoms with Gasteiger partial charge < -0.3 is 4.42 Å². The minimum atomic E-state index is 0.932. The topological polar surface area (TPSA) is 13.1 Å². The summed E-state index contributed by atoms with van der Waals surface area (Å²) in [6.45, 7) is 0. The second-order valence-corrected chi connectivity index (χ2v) is 12.4. The number of hydrogen-bond donors (Lipinski definition) is 0. The van der Waals surface area contributed by atoms with Gasteiger partial charge in [0.2, 0.25) is 0 Å². The second kappa shape index (κ2) is 10.2. The molecule has 0 spiro atoms. The fourth-order valence-electron chi connectivity index (χ4n) is 7.77. The van der Waals surface area contributed by atoms with Gasteiger partial charge in [0.25, 0.3) is 0 Å². The summed E-state index contributed by atoms with van der Waals surface area (Å²) >= 11 is 0. The molecule has 1 heteroatoms. The summed E-state index contributed by atoms with van der Waals surface area (Å²) in [5, 5.41) is 9.81. The van der Waals surface area contributed by atoms with Gasteiger partial charge in [-0.1, -0.05) is 152 Å². The summed E-state index contributed by atoms with van der Waals surface area (Å²) in [5.74, 6) is 0. The Hall–Kier alpha value is -6.18. The SMILES string of the molecule is c1ccc(-c2ccc(-c3c4ccccc4c(-c4cc5cccc6oc7c(-c8ccccc8)ccc4c7c56)c4ccccc34)cc2)cc1. The van der Waals surface area contributed by atoms with Crippen LogP contribution < -0.4 is 0 Å². The number of fused-ring (bicyclic) bond motifs is 2. The highest BCUT2D eigenvalue weighted by molar-refractivity contribution is 6.31. The van der Waals surface area contributed by atoms with Crippen LogP contribution in [0.3, 0.4) is 0 Å². The summed E-state index contributed by atoms with van der Waals surface area (Å²) in [7, 11) is 0. The average Bonchev–Trinajstić information content (AvgIpc) is 3.54. The van der Waals surface area contributed by atoms with E-state index in [2.05, 4.69) is 170 Å². The Morgan fingerprint density at radius 2 is 0.872 bits per heavy atom. The third-order valence-electron chi connectivity index (χ3n) is 9.83. The summed E-state index contributed by atoms with van der Waals surface area (Å²) < 4.78 is 6.68. The molecule has 0 saturated carbocycles. The quantitative estimate of drug-likeness (QED) is 0.145. The fourth-order valence-corrected chi connectivity index (χ4v) is 7.77. The second-order valence-electron chi connectivity index (χ2n) is 12.4. The third-order valence-corrected chi connectivity index (χ3v) is 9.83. The lowest BCUT2D eigenvalue weighted by atomic mass is 9.83. The molecule has 0 aliphatic carbocycles. The first-order valence-electron chi connectivity index (χ1n) is 16.2. The van der Waals surface area contributed by atoms with Gasteiger partial charge in [-0.25, -0.2) is 0 Å². The van der Waals surface area contributed by atoms with Gasteiger partial charge in [0.15, 0.2) is 0 Å². The molecular formula is C46H28O. The molecule has 10 aromatic rings. The van der Waals surface area contributed by atoms with E-state index >= 15 is 0 Å². The first-order valence-corrected chi connectivity index (χ1v) is 16.2. The Kier molecular flexibility index (Phi) is 5.64. The van der Waals surface area contributed by atoms with E-state index < -0.39 is 0 Å². The Morgan fingerprint density at radius 1 is 0.319 bits per heavy atom. The Labute approximate surface area is 272 Å². The summed E-state index contributed by atoms with van der Waals surface area (Å²) in [5.41, 5.74) is 11.6. The zero-order chi connectivity index (χ0) is 30.9. The van der Waals surface area contributed by atoms with Crippen molar-refractivity contribution in [2.75, 3.05) is 0 Å². The minimum absolute atomic E-state index is 0.932. The molecule has 1 heterocycles. The number of furan rings is 1. The Balaban J connectivity index is 1.29. The van der Waals surface area contributed by atoms with Crippen molar-refractivity contribution in [1.29, 1.82) is 0 Å². The van der Waals surface area contributed by atoms with Crippen LogP contribution in [0.1, 0.15) is 0 Å². The summed E-state index contributed by atoms with van der Waals surface area (Å²) in [6.07, 6.45) is 0. The molecule has 0 amide bonds. The zero-order valence-corrected chi connectivity index (χ0v) is 25.6. The molecule has 0 aliphatic heterocycles. The molecule has 9 aromatic carbocycles. The zero-order valence-electron chi connectivity index (χ0n) is 25.6. The van der Waals surface area contributed by atoms with Gasteiger partial charge in [0, 0.05) is 16.3 Å². The van der Waals surface area contributed by atoms with Crippen LogP contribution in [0.5, 0.6) is 0 Å². The number of benzene rings is 9. The molecule has 1 nitrogen and oxygen atoms in total. The van der Waals surface area contributed by atoms with Gasteiger partial charge in [-0.05, 0) is 89.5 Å². The summed E-state index contributed by atoms with van der Waals surface area (Å²) in [6, 6.07) is 61.4. The maximum absolute atomic E-state index is 6.68. The van der Waals surface area contributed by atoms with E-state index in [1.54, 1.807) is 0 Å². The van der Waals surface area contributed by atoms with E-state index in [1.165, 1.54) is 76.5 Å². The molecule has 218 valence electrons. The van der Waals surface area contributed by atoms with E-state index in [0.29, 0.717) is 0 Å². The molecular weight excluding hydrogens is 569 g/mol. The summed E-state index contributed by atoms with van der Waals surface area (Å²) in [4.78, 5) is 0. The van der Waals surface area contributed by atoms with E-state index in [-0.39, 0.29) is 0 Å². The standard InChI is InChI=1S/C46H28O/c1-3-12-29(13-4-1)30-22-24-32(25-23-30)42-35-17-7-9-19-37(35)44(38-20-10-8-18-36(38)42)40-28-33-16-11-21-41-43(33)45-39(40)27-26-34(46(45)47-41)31-14-5-2-6-15-31/h1-28H. The lowest BCUT2D eigenvalue weighted by Gasteiger charge is -2.19. The van der Waals surface area contributed by atoms with Crippen LogP contribution in [0.4, 0.5) is 0 Å².